The summed E-state index contributed by atoms with van der Waals surface area (Å²) in [7, 11) is 3.89. The van der Waals surface area contributed by atoms with E-state index in [9.17, 15) is 10.4 Å². The standard InChI is InChI=1S/C21H22N2O3/c1-23-8-7-20-16-12-3-4-14(24)17(16)26-18(20)21(25-2)6-5-19(20,15(23)9-12)10-13(21)11-22/h3-6,13,15,18,24H,7-10H2,1-2H3/t13-,15+,18+,19+,20-,21-/m0/s1. The molecule has 0 radical (unpaired) electrons. The number of phenols is 1. The number of hydrogen-bond donors (Lipinski definition) is 1. The molecule has 1 aromatic rings. The fourth-order valence-electron chi connectivity index (χ4n) is 7.20. The van der Waals surface area contributed by atoms with Crippen LogP contribution in [0.1, 0.15) is 24.0 Å². The lowest BCUT2D eigenvalue weighted by atomic mass is 9.37. The molecule has 2 spiro atoms. The van der Waals surface area contributed by atoms with Gasteiger partial charge in [-0.1, -0.05) is 18.2 Å². The Bertz CT molecular complexity index is 921. The highest BCUT2D eigenvalue weighted by atomic mass is 16.6. The van der Waals surface area contributed by atoms with Gasteiger partial charge in [0.1, 0.15) is 11.7 Å². The van der Waals surface area contributed by atoms with Crippen molar-refractivity contribution in [3.8, 4) is 17.6 Å². The molecule has 1 N–H and O–H groups in total. The summed E-state index contributed by atoms with van der Waals surface area (Å²) >= 11 is 0. The quantitative estimate of drug-likeness (QED) is 0.786. The van der Waals surface area contributed by atoms with Gasteiger partial charge in [0, 0.05) is 24.1 Å². The number of aromatic hydroxyl groups is 1. The molecule has 134 valence electrons. The van der Waals surface area contributed by atoms with Crippen molar-refractivity contribution in [2.24, 2.45) is 11.3 Å². The van der Waals surface area contributed by atoms with Crippen molar-refractivity contribution in [3.05, 3.63) is 35.4 Å². The maximum Gasteiger partial charge on any atom is 0.165 e. The number of nitriles is 1. The Kier molecular flexibility index (Phi) is 2.47. The molecule has 2 fully saturated rings. The normalized spacial score (nSPS) is 46.6. The number of benzene rings is 1. The van der Waals surface area contributed by atoms with Crippen LogP contribution in [0, 0.1) is 22.7 Å². The largest absolute Gasteiger partial charge is 0.504 e. The van der Waals surface area contributed by atoms with Crippen LogP contribution in [-0.4, -0.2) is 48.5 Å². The summed E-state index contributed by atoms with van der Waals surface area (Å²) in [5.41, 5.74) is 1.36. The Morgan fingerprint density at radius 1 is 1.38 bits per heavy atom. The first-order valence-corrected chi connectivity index (χ1v) is 9.41. The molecule has 26 heavy (non-hydrogen) atoms. The number of likely N-dealkylation sites (tertiary alicyclic amines) is 1. The molecule has 4 aliphatic carbocycles. The van der Waals surface area contributed by atoms with Gasteiger partial charge >= 0.3 is 0 Å². The van der Waals surface area contributed by atoms with Gasteiger partial charge in [-0.05, 0) is 44.5 Å². The molecule has 5 nitrogen and oxygen atoms in total. The summed E-state index contributed by atoms with van der Waals surface area (Å²) < 4.78 is 12.6. The summed E-state index contributed by atoms with van der Waals surface area (Å²) in [6.07, 6.45) is 6.86. The first-order valence-electron chi connectivity index (χ1n) is 9.41. The van der Waals surface area contributed by atoms with Gasteiger partial charge in [-0.15, -0.1) is 0 Å². The number of methoxy groups -OCH3 is 1. The number of fused-ring (bicyclic) bond motifs is 1. The second-order valence-electron chi connectivity index (χ2n) is 8.68. The molecule has 1 saturated carbocycles. The minimum absolute atomic E-state index is 0.141. The van der Waals surface area contributed by atoms with Crippen LogP contribution in [0.3, 0.4) is 0 Å². The molecule has 0 unspecified atom stereocenters. The summed E-state index contributed by atoms with van der Waals surface area (Å²) in [4.78, 5) is 2.46. The van der Waals surface area contributed by atoms with E-state index in [1.807, 2.05) is 0 Å². The number of phenolic OH excluding ortho intramolecular Hbond substituents is 1. The highest BCUT2D eigenvalue weighted by molar-refractivity contribution is 5.65. The van der Waals surface area contributed by atoms with Gasteiger partial charge in [-0.3, -0.25) is 0 Å². The minimum atomic E-state index is -0.753. The van der Waals surface area contributed by atoms with E-state index in [0.717, 1.165) is 25.8 Å². The zero-order chi connectivity index (χ0) is 17.9. The number of hydrogen-bond acceptors (Lipinski definition) is 5. The Balaban J connectivity index is 1.75. The Labute approximate surface area is 152 Å². The summed E-state index contributed by atoms with van der Waals surface area (Å²) in [6.45, 7) is 0.992. The number of nitrogens with zero attached hydrogens (tertiary/aromatic N) is 2. The Morgan fingerprint density at radius 3 is 3.00 bits per heavy atom. The molecule has 4 bridgehead atoms. The van der Waals surface area contributed by atoms with Crippen LogP contribution in [0.5, 0.6) is 11.5 Å². The molecule has 2 heterocycles. The van der Waals surface area contributed by atoms with Crippen molar-refractivity contribution in [1.29, 1.82) is 5.26 Å². The second-order valence-corrected chi connectivity index (χ2v) is 8.68. The van der Waals surface area contributed by atoms with E-state index in [4.69, 9.17) is 9.47 Å². The zero-order valence-electron chi connectivity index (χ0n) is 15.0. The van der Waals surface area contributed by atoms with Crippen LogP contribution in [0.15, 0.2) is 24.3 Å². The summed E-state index contributed by atoms with van der Waals surface area (Å²) in [5, 5.41) is 20.5. The van der Waals surface area contributed by atoms with Crippen LogP contribution in [0.25, 0.3) is 0 Å². The van der Waals surface area contributed by atoms with Crippen LogP contribution < -0.4 is 4.74 Å². The van der Waals surface area contributed by atoms with Gasteiger partial charge in [0.15, 0.2) is 11.5 Å². The van der Waals surface area contributed by atoms with Crippen LogP contribution in [0.4, 0.5) is 0 Å². The van der Waals surface area contributed by atoms with Gasteiger partial charge in [0.25, 0.3) is 0 Å². The van der Waals surface area contributed by atoms with Gasteiger partial charge in [0.05, 0.1) is 17.4 Å². The zero-order valence-corrected chi connectivity index (χ0v) is 15.0. The van der Waals surface area contributed by atoms with Gasteiger partial charge in [-0.2, -0.15) is 5.26 Å². The average molecular weight is 350 g/mol. The monoisotopic (exact) mass is 350 g/mol. The van der Waals surface area contributed by atoms with Gasteiger partial charge < -0.3 is 19.5 Å². The lowest BCUT2D eigenvalue weighted by Crippen LogP contribution is -2.78. The van der Waals surface area contributed by atoms with Crippen LogP contribution in [0.2, 0.25) is 0 Å². The highest BCUT2D eigenvalue weighted by Gasteiger charge is 2.79. The smallest absolute Gasteiger partial charge is 0.165 e. The van der Waals surface area contributed by atoms with Gasteiger partial charge in [0.2, 0.25) is 0 Å². The third-order valence-electron chi connectivity index (χ3n) is 8.23. The van der Waals surface area contributed by atoms with Crippen molar-refractivity contribution < 1.29 is 14.6 Å². The Hall–Kier alpha value is -2.03. The lowest BCUT2D eigenvalue weighted by Gasteiger charge is -2.70. The van der Waals surface area contributed by atoms with Crippen molar-refractivity contribution in [3.63, 3.8) is 0 Å². The fraction of sp³-hybridized carbons (Fsp3) is 0.571. The topological polar surface area (TPSA) is 65.7 Å². The minimum Gasteiger partial charge on any atom is -0.504 e. The Morgan fingerprint density at radius 2 is 2.23 bits per heavy atom. The van der Waals surface area contributed by atoms with E-state index in [0.29, 0.717) is 11.8 Å². The van der Waals surface area contributed by atoms with Crippen molar-refractivity contribution in [2.75, 3.05) is 20.7 Å². The summed E-state index contributed by atoms with van der Waals surface area (Å²) in [5.74, 6) is 0.588. The molecule has 2 aliphatic heterocycles. The SMILES string of the molecule is CO[C@@]12C=C[C@@]3(C[C@H]1C#N)[C@H]1Cc4ccc(O)c5c4[C@@]3(CCN1C)[C@H]2O5. The van der Waals surface area contributed by atoms with Crippen molar-refractivity contribution >= 4 is 0 Å². The van der Waals surface area contributed by atoms with Crippen molar-refractivity contribution in [2.45, 2.75) is 42.4 Å². The third-order valence-corrected chi connectivity index (χ3v) is 8.23. The third kappa shape index (κ3) is 1.22. The molecule has 6 atom stereocenters. The molecular weight excluding hydrogens is 328 g/mol. The average Bonchev–Trinajstić information content (AvgIpc) is 3.03. The number of likely N-dealkylation sites (N-methyl/N-ethyl adjacent to an activating group) is 1. The molecule has 6 aliphatic rings. The predicted molar refractivity (Wildman–Crippen MR) is 94.0 cm³/mol. The predicted octanol–water partition coefficient (Wildman–Crippen LogP) is 2.14. The number of rotatable bonds is 1. The van der Waals surface area contributed by atoms with E-state index < -0.39 is 5.60 Å². The van der Waals surface area contributed by atoms with Crippen LogP contribution in [-0.2, 0) is 16.6 Å². The van der Waals surface area contributed by atoms with Gasteiger partial charge in [-0.25, -0.2) is 0 Å². The molecular formula is C21H22N2O3. The van der Waals surface area contributed by atoms with E-state index in [2.05, 4.69) is 36.2 Å². The first-order chi connectivity index (χ1) is 12.5. The first kappa shape index (κ1) is 15.1. The molecule has 0 amide bonds. The maximum absolute atomic E-state index is 10.6. The highest BCUT2D eigenvalue weighted by Crippen LogP contribution is 2.74. The van der Waals surface area contributed by atoms with Crippen molar-refractivity contribution in [1.82, 2.24) is 4.90 Å². The molecule has 1 saturated heterocycles. The maximum atomic E-state index is 10.6. The second kappa shape index (κ2) is 4.27. The van der Waals surface area contributed by atoms with E-state index >= 15 is 0 Å². The van der Waals surface area contributed by atoms with Crippen LogP contribution >= 0.6 is 0 Å². The summed E-state index contributed by atoms with van der Waals surface area (Å²) in [6, 6.07) is 6.68. The molecule has 7 rings (SSSR count). The molecule has 1 aromatic carbocycles. The number of ether oxygens (including phenoxy) is 2. The lowest BCUT2D eigenvalue weighted by molar-refractivity contribution is -0.203. The van der Waals surface area contributed by atoms with E-state index in [1.54, 1.807) is 13.2 Å². The molecule has 0 aromatic heterocycles. The fourth-order valence-corrected chi connectivity index (χ4v) is 7.20. The number of piperidine rings is 1. The van der Waals surface area contributed by atoms with E-state index in [1.165, 1.54) is 11.1 Å². The molecule has 5 heteroatoms. The van der Waals surface area contributed by atoms with E-state index in [-0.39, 0.29) is 28.6 Å².